The van der Waals surface area contributed by atoms with Crippen LogP contribution in [0.1, 0.15) is 19.4 Å². The molecule has 0 saturated carbocycles. The molecule has 0 spiro atoms. The summed E-state index contributed by atoms with van der Waals surface area (Å²) in [7, 11) is 0. The van der Waals surface area contributed by atoms with E-state index in [0.717, 1.165) is 10.5 Å². The van der Waals surface area contributed by atoms with Crippen LogP contribution in [0.5, 0.6) is 0 Å². The van der Waals surface area contributed by atoms with Gasteiger partial charge in [-0.3, -0.25) is 9.69 Å². The monoisotopic (exact) mass is 400 g/mol. The van der Waals surface area contributed by atoms with Gasteiger partial charge < -0.3 is 10.1 Å². The highest BCUT2D eigenvalue weighted by Crippen LogP contribution is 2.34. The van der Waals surface area contributed by atoms with Crippen molar-refractivity contribution in [1.29, 1.82) is 0 Å². The number of hydrogen-bond donors (Lipinski definition) is 1. The topological polar surface area (TPSA) is 58.6 Å². The van der Waals surface area contributed by atoms with Crippen molar-refractivity contribution in [3.8, 4) is 0 Å². The van der Waals surface area contributed by atoms with Crippen LogP contribution in [0.2, 0.25) is 5.02 Å². The third-order valence-electron chi connectivity index (χ3n) is 2.87. The summed E-state index contributed by atoms with van der Waals surface area (Å²) in [5.74, 6) is -0.671. The molecule has 23 heavy (non-hydrogen) atoms. The van der Waals surface area contributed by atoms with Crippen LogP contribution >= 0.6 is 46.4 Å². The Kier molecular flexibility index (Phi) is 7.27. The lowest BCUT2D eigenvalue weighted by atomic mass is 10.2. The zero-order chi connectivity index (χ0) is 17.8. The molecular formula is C14H16Cl4N2O3. The number of carbonyl (C=O) groups is 2. The molecule has 0 aliphatic carbocycles. The van der Waals surface area contributed by atoms with Crippen molar-refractivity contribution in [1.82, 2.24) is 4.90 Å². The molecule has 2 amide bonds. The minimum Gasteiger partial charge on any atom is -0.437 e. The number of urea groups is 1. The first-order valence-corrected chi connectivity index (χ1v) is 8.15. The summed E-state index contributed by atoms with van der Waals surface area (Å²) in [5, 5.41) is 3.22. The van der Waals surface area contributed by atoms with Gasteiger partial charge in [0, 0.05) is 24.2 Å². The highest BCUT2D eigenvalue weighted by Gasteiger charge is 2.42. The quantitative estimate of drug-likeness (QED) is 0.449. The van der Waals surface area contributed by atoms with Gasteiger partial charge in [0.2, 0.25) is 10.0 Å². The number of anilines is 1. The molecule has 1 atom stereocenters. The molecule has 1 unspecified atom stereocenters. The Bertz CT molecular complexity index is 590. The maximum absolute atomic E-state index is 12.5. The van der Waals surface area contributed by atoms with Gasteiger partial charge in [-0.25, -0.2) is 4.79 Å². The van der Waals surface area contributed by atoms with Crippen LogP contribution in [0.25, 0.3) is 0 Å². The number of carbonyl (C=O) groups excluding carboxylic acids is 2. The van der Waals surface area contributed by atoms with Crippen molar-refractivity contribution in [2.75, 3.05) is 11.9 Å². The van der Waals surface area contributed by atoms with Gasteiger partial charge in [-0.05, 0) is 37.6 Å². The fourth-order valence-electron chi connectivity index (χ4n) is 1.83. The van der Waals surface area contributed by atoms with Gasteiger partial charge in [0.15, 0.2) is 0 Å². The maximum atomic E-state index is 12.5. The van der Waals surface area contributed by atoms with Crippen LogP contribution in [0.4, 0.5) is 10.5 Å². The van der Waals surface area contributed by atoms with Crippen LogP contribution in [0, 0.1) is 6.92 Å². The average molecular weight is 402 g/mol. The highest BCUT2D eigenvalue weighted by atomic mass is 35.6. The standard InChI is InChI=1S/C14H16Cl4N2O3/c1-4-20(12(14(16,17)18)23-9(3)21)13(22)19-11-6-5-10(15)7-8(11)2/h5-7,12H,4H2,1-3H3,(H,19,22). The maximum Gasteiger partial charge on any atom is 0.324 e. The second-order valence-corrected chi connectivity index (χ2v) is 7.48. The number of benzene rings is 1. The van der Waals surface area contributed by atoms with Gasteiger partial charge in [0.1, 0.15) is 0 Å². The van der Waals surface area contributed by atoms with Crippen LogP contribution < -0.4 is 5.32 Å². The molecule has 0 saturated heterocycles. The van der Waals surface area contributed by atoms with Crippen molar-refractivity contribution < 1.29 is 14.3 Å². The van der Waals surface area contributed by atoms with E-state index in [1.165, 1.54) is 6.92 Å². The lowest BCUT2D eigenvalue weighted by Gasteiger charge is -2.34. The molecule has 1 N–H and O–H groups in total. The Hall–Kier alpha value is -0.880. The summed E-state index contributed by atoms with van der Waals surface area (Å²) < 4.78 is 2.99. The van der Waals surface area contributed by atoms with E-state index >= 15 is 0 Å². The van der Waals surface area contributed by atoms with Gasteiger partial charge in [0.05, 0.1) is 0 Å². The van der Waals surface area contributed by atoms with Crippen molar-refractivity contribution >= 4 is 64.1 Å². The first-order valence-electron chi connectivity index (χ1n) is 6.64. The second-order valence-electron chi connectivity index (χ2n) is 4.68. The molecular weight excluding hydrogens is 386 g/mol. The molecule has 0 aliphatic rings. The summed E-state index contributed by atoms with van der Waals surface area (Å²) in [4.78, 5) is 24.8. The molecule has 1 aromatic rings. The predicted molar refractivity (Wildman–Crippen MR) is 93.4 cm³/mol. The molecule has 0 aliphatic heterocycles. The number of rotatable bonds is 4. The number of nitrogens with one attached hydrogen (secondary N) is 1. The molecule has 1 aromatic carbocycles. The van der Waals surface area contributed by atoms with Crippen LogP contribution in [-0.2, 0) is 9.53 Å². The SMILES string of the molecule is CCN(C(=O)Nc1ccc(Cl)cc1C)C(OC(C)=O)C(Cl)(Cl)Cl. The second kappa shape index (κ2) is 8.29. The first-order chi connectivity index (χ1) is 10.6. The number of amides is 2. The predicted octanol–water partition coefficient (Wildman–Crippen LogP) is 4.76. The van der Waals surface area contributed by atoms with Crippen molar-refractivity contribution in [2.24, 2.45) is 0 Å². The van der Waals surface area contributed by atoms with E-state index < -0.39 is 22.0 Å². The van der Waals surface area contributed by atoms with Gasteiger partial charge in [-0.1, -0.05) is 46.4 Å². The fraction of sp³-hybridized carbons (Fsp3) is 0.429. The third kappa shape index (κ3) is 5.92. The van der Waals surface area contributed by atoms with Crippen molar-refractivity contribution in [3.63, 3.8) is 0 Å². The van der Waals surface area contributed by atoms with Gasteiger partial charge >= 0.3 is 12.0 Å². The average Bonchev–Trinajstić information content (AvgIpc) is 2.40. The van der Waals surface area contributed by atoms with E-state index in [1.807, 2.05) is 0 Å². The summed E-state index contributed by atoms with van der Waals surface area (Å²) in [5.41, 5.74) is 1.31. The Morgan fingerprint density at radius 1 is 1.35 bits per heavy atom. The van der Waals surface area contributed by atoms with E-state index in [2.05, 4.69) is 5.32 Å². The van der Waals surface area contributed by atoms with E-state index in [0.29, 0.717) is 10.7 Å². The van der Waals surface area contributed by atoms with Gasteiger partial charge in [0.25, 0.3) is 0 Å². The zero-order valence-electron chi connectivity index (χ0n) is 12.7. The minimum absolute atomic E-state index is 0.157. The third-order valence-corrected chi connectivity index (χ3v) is 3.67. The molecule has 5 nitrogen and oxygen atoms in total. The number of alkyl halides is 3. The number of ether oxygens (including phenoxy) is 1. The zero-order valence-corrected chi connectivity index (χ0v) is 15.7. The summed E-state index contributed by atoms with van der Waals surface area (Å²) in [6, 6.07) is 4.42. The molecule has 9 heteroatoms. The number of nitrogens with zero attached hydrogens (tertiary/aromatic N) is 1. The normalized spacial score (nSPS) is 12.5. The highest BCUT2D eigenvalue weighted by molar-refractivity contribution is 6.68. The molecule has 128 valence electrons. The van der Waals surface area contributed by atoms with Crippen LogP contribution in [0.15, 0.2) is 18.2 Å². The minimum atomic E-state index is -1.99. The van der Waals surface area contributed by atoms with E-state index in [1.54, 1.807) is 32.0 Å². The Labute approximate surface area is 154 Å². The number of esters is 1. The smallest absolute Gasteiger partial charge is 0.324 e. The van der Waals surface area contributed by atoms with Crippen molar-refractivity contribution in [2.45, 2.75) is 30.8 Å². The largest absolute Gasteiger partial charge is 0.437 e. The number of hydrogen-bond acceptors (Lipinski definition) is 3. The van der Waals surface area contributed by atoms with E-state index in [-0.39, 0.29) is 6.54 Å². The lowest BCUT2D eigenvalue weighted by molar-refractivity contribution is -0.153. The Morgan fingerprint density at radius 3 is 2.39 bits per heavy atom. The number of halogens is 4. The first kappa shape index (κ1) is 20.2. The molecule has 1 rings (SSSR count). The lowest BCUT2D eigenvalue weighted by Crippen LogP contribution is -2.51. The molecule has 0 bridgehead atoms. The van der Waals surface area contributed by atoms with Gasteiger partial charge in [-0.15, -0.1) is 0 Å². The van der Waals surface area contributed by atoms with E-state index in [9.17, 15) is 9.59 Å². The molecule has 0 fully saturated rings. The summed E-state index contributed by atoms with van der Waals surface area (Å²) in [6.07, 6.45) is -1.36. The Balaban J connectivity index is 3.01. The fourth-order valence-corrected chi connectivity index (χ4v) is 2.55. The van der Waals surface area contributed by atoms with Crippen LogP contribution in [0.3, 0.4) is 0 Å². The molecule has 0 aromatic heterocycles. The van der Waals surface area contributed by atoms with Crippen LogP contribution in [-0.4, -0.2) is 33.5 Å². The summed E-state index contributed by atoms with van der Waals surface area (Å²) in [6.45, 7) is 4.78. The van der Waals surface area contributed by atoms with E-state index in [4.69, 9.17) is 51.1 Å². The summed E-state index contributed by atoms with van der Waals surface area (Å²) >= 11 is 23.4. The molecule has 0 radical (unpaired) electrons. The Morgan fingerprint density at radius 2 is 1.96 bits per heavy atom. The van der Waals surface area contributed by atoms with Crippen molar-refractivity contribution in [3.05, 3.63) is 28.8 Å². The number of aryl methyl sites for hydroxylation is 1. The molecule has 0 heterocycles. The van der Waals surface area contributed by atoms with Gasteiger partial charge in [-0.2, -0.15) is 0 Å².